The van der Waals surface area contributed by atoms with Gasteiger partial charge in [0.05, 0.1) is 0 Å². The third kappa shape index (κ3) is 4.48. The van der Waals surface area contributed by atoms with Crippen molar-refractivity contribution in [2.75, 3.05) is 36.8 Å². The van der Waals surface area contributed by atoms with Crippen LogP contribution in [0.15, 0.2) is 54.6 Å². The van der Waals surface area contributed by atoms with Crippen molar-refractivity contribution < 1.29 is 4.79 Å². The molecule has 0 spiro atoms. The van der Waals surface area contributed by atoms with Gasteiger partial charge in [0.15, 0.2) is 5.11 Å². The molecule has 0 atom stereocenters. The summed E-state index contributed by atoms with van der Waals surface area (Å²) in [6, 6.07) is 17.5. The molecule has 3 rings (SSSR count). The Morgan fingerprint density at radius 3 is 2.16 bits per heavy atom. The van der Waals surface area contributed by atoms with Gasteiger partial charge in [0.1, 0.15) is 0 Å². The molecule has 0 aliphatic carbocycles. The van der Waals surface area contributed by atoms with Gasteiger partial charge in [0.2, 0.25) is 0 Å². The molecule has 2 amide bonds. The molecule has 1 aliphatic heterocycles. The molecule has 2 aromatic rings. The molecular weight excluding hydrogens is 332 g/mol. The maximum Gasteiger partial charge on any atom is 0.321 e. The van der Waals surface area contributed by atoms with Crippen LogP contribution < -0.4 is 10.6 Å². The molecule has 0 aromatic heterocycles. The van der Waals surface area contributed by atoms with Crippen molar-refractivity contribution in [2.24, 2.45) is 0 Å². The zero-order valence-corrected chi connectivity index (χ0v) is 15.1. The number of aryl methyl sites for hydroxylation is 1. The zero-order valence-electron chi connectivity index (χ0n) is 14.2. The van der Waals surface area contributed by atoms with E-state index in [1.807, 2.05) is 53.4 Å². The summed E-state index contributed by atoms with van der Waals surface area (Å²) in [5, 5.41) is 6.93. The molecule has 1 saturated heterocycles. The highest BCUT2D eigenvalue weighted by atomic mass is 32.1. The van der Waals surface area contributed by atoms with Gasteiger partial charge in [-0.2, -0.15) is 0 Å². The Labute approximate surface area is 153 Å². The first kappa shape index (κ1) is 17.2. The zero-order chi connectivity index (χ0) is 17.6. The van der Waals surface area contributed by atoms with Gasteiger partial charge in [-0.1, -0.05) is 36.4 Å². The van der Waals surface area contributed by atoms with Crippen LogP contribution >= 0.6 is 12.2 Å². The monoisotopic (exact) mass is 354 g/mol. The fourth-order valence-corrected chi connectivity index (χ4v) is 3.04. The number of piperazine rings is 1. The number of carbonyl (C=O) groups is 1. The van der Waals surface area contributed by atoms with E-state index in [1.54, 1.807) is 0 Å². The average Bonchev–Trinajstić information content (AvgIpc) is 2.64. The minimum Gasteiger partial charge on any atom is -0.345 e. The van der Waals surface area contributed by atoms with Crippen LogP contribution in [0, 0.1) is 6.92 Å². The predicted molar refractivity (Wildman–Crippen MR) is 106 cm³/mol. The number of rotatable bonds is 2. The van der Waals surface area contributed by atoms with Gasteiger partial charge in [-0.15, -0.1) is 0 Å². The third-order valence-electron chi connectivity index (χ3n) is 4.27. The fraction of sp³-hybridized carbons (Fsp3) is 0.263. The van der Waals surface area contributed by atoms with E-state index in [1.165, 1.54) is 0 Å². The lowest BCUT2D eigenvalue weighted by atomic mass is 10.2. The quantitative estimate of drug-likeness (QED) is 0.810. The number of thiocarbonyl (C=S) groups is 1. The van der Waals surface area contributed by atoms with E-state index in [9.17, 15) is 4.79 Å². The number of hydrogen-bond acceptors (Lipinski definition) is 2. The Hall–Kier alpha value is -2.60. The fourth-order valence-electron chi connectivity index (χ4n) is 2.74. The second-order valence-corrected chi connectivity index (χ2v) is 6.40. The van der Waals surface area contributed by atoms with E-state index in [0.717, 1.165) is 30.0 Å². The number of nitrogens with one attached hydrogen (secondary N) is 2. The molecule has 2 aromatic carbocycles. The van der Waals surface area contributed by atoms with Gasteiger partial charge in [0, 0.05) is 37.6 Å². The minimum atomic E-state index is -0.0661. The smallest absolute Gasteiger partial charge is 0.321 e. The van der Waals surface area contributed by atoms with E-state index in [2.05, 4.69) is 28.5 Å². The van der Waals surface area contributed by atoms with Crippen LogP contribution in [0.25, 0.3) is 0 Å². The van der Waals surface area contributed by atoms with Crippen LogP contribution in [0.4, 0.5) is 16.2 Å². The Kier molecular flexibility index (Phi) is 5.50. The number of benzene rings is 2. The Balaban J connectivity index is 1.50. The van der Waals surface area contributed by atoms with Crippen LogP contribution in [-0.4, -0.2) is 47.1 Å². The normalized spacial score (nSPS) is 14.1. The number of nitrogens with zero attached hydrogens (tertiary/aromatic N) is 2. The van der Waals surface area contributed by atoms with Crippen molar-refractivity contribution in [2.45, 2.75) is 6.92 Å². The summed E-state index contributed by atoms with van der Waals surface area (Å²) in [4.78, 5) is 16.3. The second-order valence-electron chi connectivity index (χ2n) is 6.02. The summed E-state index contributed by atoms with van der Waals surface area (Å²) in [6.45, 7) is 4.79. The van der Waals surface area contributed by atoms with Gasteiger partial charge in [-0.25, -0.2) is 4.79 Å². The van der Waals surface area contributed by atoms with Crippen LogP contribution in [-0.2, 0) is 0 Å². The number of para-hydroxylation sites is 2. The summed E-state index contributed by atoms with van der Waals surface area (Å²) >= 11 is 5.52. The van der Waals surface area contributed by atoms with Gasteiger partial charge in [-0.3, -0.25) is 0 Å². The molecule has 25 heavy (non-hydrogen) atoms. The Morgan fingerprint density at radius 2 is 1.48 bits per heavy atom. The molecule has 0 radical (unpaired) electrons. The molecule has 2 N–H and O–H groups in total. The largest absolute Gasteiger partial charge is 0.345 e. The molecule has 0 bridgehead atoms. The Bertz CT molecular complexity index is 742. The summed E-state index contributed by atoms with van der Waals surface area (Å²) in [5.74, 6) is 0. The van der Waals surface area contributed by atoms with Gasteiger partial charge >= 0.3 is 6.03 Å². The van der Waals surface area contributed by atoms with Gasteiger partial charge in [0.25, 0.3) is 0 Å². The summed E-state index contributed by atoms with van der Waals surface area (Å²) < 4.78 is 0. The maximum atomic E-state index is 12.3. The van der Waals surface area contributed by atoms with Crippen LogP contribution in [0.3, 0.4) is 0 Å². The highest BCUT2D eigenvalue weighted by Crippen LogP contribution is 2.15. The number of urea groups is 1. The lowest BCUT2D eigenvalue weighted by Gasteiger charge is -2.36. The van der Waals surface area contributed by atoms with Crippen molar-refractivity contribution in [3.8, 4) is 0 Å². The molecule has 6 heteroatoms. The standard InChI is InChI=1S/C19H22N4OS/c1-15-7-5-6-10-17(15)21-19(25)23-13-11-22(12-14-23)18(24)20-16-8-3-2-4-9-16/h2-10H,11-14H2,1H3,(H,20,24)(H,21,25). The molecule has 5 nitrogen and oxygen atoms in total. The number of amides is 2. The molecule has 130 valence electrons. The first-order valence-electron chi connectivity index (χ1n) is 8.36. The summed E-state index contributed by atoms with van der Waals surface area (Å²) in [5.41, 5.74) is 2.99. The first-order chi connectivity index (χ1) is 12.1. The topological polar surface area (TPSA) is 47.6 Å². The summed E-state index contributed by atoms with van der Waals surface area (Å²) in [6.07, 6.45) is 0. The molecular formula is C19H22N4OS. The number of hydrogen-bond donors (Lipinski definition) is 2. The van der Waals surface area contributed by atoms with Crippen LogP contribution in [0.1, 0.15) is 5.56 Å². The predicted octanol–water partition coefficient (Wildman–Crippen LogP) is 3.54. The van der Waals surface area contributed by atoms with Crippen LogP contribution in [0.2, 0.25) is 0 Å². The highest BCUT2D eigenvalue weighted by Gasteiger charge is 2.22. The highest BCUT2D eigenvalue weighted by molar-refractivity contribution is 7.80. The molecule has 1 fully saturated rings. The average molecular weight is 354 g/mol. The molecule has 0 saturated carbocycles. The lowest BCUT2D eigenvalue weighted by molar-refractivity contribution is 0.182. The van der Waals surface area contributed by atoms with E-state index >= 15 is 0 Å². The van der Waals surface area contributed by atoms with Gasteiger partial charge in [-0.05, 0) is 42.9 Å². The van der Waals surface area contributed by atoms with Crippen LogP contribution in [0.5, 0.6) is 0 Å². The first-order valence-corrected chi connectivity index (χ1v) is 8.77. The van der Waals surface area contributed by atoms with Crippen molar-refractivity contribution >= 4 is 34.7 Å². The van der Waals surface area contributed by atoms with Crippen molar-refractivity contribution in [1.82, 2.24) is 9.80 Å². The Morgan fingerprint density at radius 1 is 0.880 bits per heavy atom. The van der Waals surface area contributed by atoms with E-state index < -0.39 is 0 Å². The van der Waals surface area contributed by atoms with Crippen molar-refractivity contribution in [3.05, 3.63) is 60.2 Å². The van der Waals surface area contributed by atoms with Crippen molar-refractivity contribution in [1.29, 1.82) is 0 Å². The number of anilines is 2. The van der Waals surface area contributed by atoms with E-state index in [0.29, 0.717) is 18.2 Å². The van der Waals surface area contributed by atoms with E-state index in [-0.39, 0.29) is 6.03 Å². The molecule has 0 unspecified atom stereocenters. The van der Waals surface area contributed by atoms with Gasteiger partial charge < -0.3 is 20.4 Å². The van der Waals surface area contributed by atoms with Crippen molar-refractivity contribution in [3.63, 3.8) is 0 Å². The minimum absolute atomic E-state index is 0.0661. The SMILES string of the molecule is Cc1ccccc1NC(=S)N1CCN(C(=O)Nc2ccccc2)CC1. The van der Waals surface area contributed by atoms with E-state index in [4.69, 9.17) is 12.2 Å². The second kappa shape index (κ2) is 7.98. The maximum absolute atomic E-state index is 12.3. The molecule has 1 aliphatic rings. The number of carbonyl (C=O) groups excluding carboxylic acids is 1. The lowest BCUT2D eigenvalue weighted by Crippen LogP contribution is -2.52. The molecule has 1 heterocycles. The summed E-state index contributed by atoms with van der Waals surface area (Å²) in [7, 11) is 0. The third-order valence-corrected chi connectivity index (χ3v) is 4.63.